The number of rotatable bonds is 6. The Morgan fingerprint density at radius 3 is 2.82 bits per heavy atom. The first kappa shape index (κ1) is 22.4. The predicted octanol–water partition coefficient (Wildman–Crippen LogP) is 2.95. The van der Waals surface area contributed by atoms with E-state index in [2.05, 4.69) is 27.1 Å². The number of amides is 2. The molecule has 0 spiro atoms. The molecule has 3 aromatic rings. The van der Waals surface area contributed by atoms with Crippen molar-refractivity contribution in [3.8, 4) is 0 Å². The number of anilines is 3. The molecule has 3 heterocycles. The molecule has 0 saturated carbocycles. The summed E-state index contributed by atoms with van der Waals surface area (Å²) in [7, 11) is 3.56. The van der Waals surface area contributed by atoms with Gasteiger partial charge in [-0.25, -0.2) is 9.97 Å². The molecule has 1 aromatic carbocycles. The van der Waals surface area contributed by atoms with E-state index in [4.69, 9.17) is 10.7 Å². The number of primary amides is 1. The van der Waals surface area contributed by atoms with E-state index in [-0.39, 0.29) is 23.6 Å². The van der Waals surface area contributed by atoms with Crippen LogP contribution >= 0.6 is 0 Å². The van der Waals surface area contributed by atoms with Crippen LogP contribution in [0.4, 0.5) is 17.3 Å². The van der Waals surface area contributed by atoms with Crippen molar-refractivity contribution in [2.45, 2.75) is 32.2 Å². The Hall–Kier alpha value is -3.75. The maximum absolute atomic E-state index is 12.3. The zero-order valence-corrected chi connectivity index (χ0v) is 19.2. The lowest BCUT2D eigenvalue weighted by atomic mass is 9.87. The number of nitrogens with zero attached hydrogens (tertiary/aromatic N) is 5. The summed E-state index contributed by atoms with van der Waals surface area (Å²) in [6, 6.07) is 9.66. The molecule has 2 atom stereocenters. The summed E-state index contributed by atoms with van der Waals surface area (Å²) in [6.45, 7) is 2.92. The van der Waals surface area contributed by atoms with Crippen molar-refractivity contribution in [3.05, 3.63) is 48.4 Å². The van der Waals surface area contributed by atoms with Crippen LogP contribution in [0.2, 0.25) is 0 Å². The van der Waals surface area contributed by atoms with Gasteiger partial charge >= 0.3 is 0 Å². The van der Waals surface area contributed by atoms with E-state index >= 15 is 0 Å². The van der Waals surface area contributed by atoms with Crippen molar-refractivity contribution in [2.75, 3.05) is 30.9 Å². The lowest BCUT2D eigenvalue weighted by molar-refractivity contribution is -0.130. The third-order valence-electron chi connectivity index (χ3n) is 6.24. The first-order chi connectivity index (χ1) is 15.8. The summed E-state index contributed by atoms with van der Waals surface area (Å²) in [5.74, 6) is 0.647. The van der Waals surface area contributed by atoms with Crippen LogP contribution in [0.5, 0.6) is 0 Å². The Labute approximate surface area is 193 Å². The normalized spacial score (nSPS) is 18.2. The van der Waals surface area contributed by atoms with E-state index in [1.165, 1.54) is 0 Å². The van der Waals surface area contributed by atoms with Gasteiger partial charge in [-0.05, 0) is 49.9 Å². The number of hydrogen-bond donors (Lipinski definition) is 2. The molecule has 1 fully saturated rings. The molecule has 1 saturated heterocycles. The molecule has 0 unspecified atom stereocenters. The fourth-order valence-corrected chi connectivity index (χ4v) is 4.30. The summed E-state index contributed by atoms with van der Waals surface area (Å²) < 4.78 is 0. The number of aromatic nitrogens is 3. The third-order valence-corrected chi connectivity index (χ3v) is 6.24. The van der Waals surface area contributed by atoms with Crippen molar-refractivity contribution < 1.29 is 9.59 Å². The summed E-state index contributed by atoms with van der Waals surface area (Å²) in [5.41, 5.74) is 7.28. The largest absolute Gasteiger partial charge is 0.364 e. The number of pyridine rings is 1. The number of nitrogens with two attached hydrogens (primary N) is 1. The molecule has 3 N–H and O–H groups in total. The predicted molar refractivity (Wildman–Crippen MR) is 128 cm³/mol. The van der Waals surface area contributed by atoms with Gasteiger partial charge in [0, 0.05) is 50.4 Å². The second kappa shape index (κ2) is 9.40. The Kier molecular flexibility index (Phi) is 6.39. The van der Waals surface area contributed by atoms with Crippen LogP contribution in [0.15, 0.2) is 42.7 Å². The van der Waals surface area contributed by atoms with Crippen molar-refractivity contribution in [1.82, 2.24) is 19.9 Å². The first-order valence-corrected chi connectivity index (χ1v) is 11.1. The summed E-state index contributed by atoms with van der Waals surface area (Å²) in [5, 5.41) is 4.17. The molecular weight excluding hydrogens is 418 g/mol. The minimum absolute atomic E-state index is 0.0778. The van der Waals surface area contributed by atoms with Gasteiger partial charge in [-0.1, -0.05) is 6.07 Å². The quantitative estimate of drug-likeness (QED) is 0.596. The van der Waals surface area contributed by atoms with Crippen molar-refractivity contribution >= 4 is 40.0 Å². The number of carbonyl (C=O) groups is 2. The first-order valence-electron chi connectivity index (χ1n) is 11.1. The SMILES string of the molecule is C[C@H]1[C@@H](CC(=O)N(C)C)CCCN1c1cnc(C(N)=O)c(Nc2ccc3ncccc3c2)n1. The topological polar surface area (TPSA) is 117 Å². The molecule has 2 amide bonds. The number of benzene rings is 1. The molecule has 2 aromatic heterocycles. The molecule has 0 radical (unpaired) electrons. The van der Waals surface area contributed by atoms with Gasteiger partial charge in [-0.2, -0.15) is 0 Å². The van der Waals surface area contributed by atoms with E-state index in [9.17, 15) is 9.59 Å². The molecule has 0 aliphatic carbocycles. The summed E-state index contributed by atoms with van der Waals surface area (Å²) >= 11 is 0. The van der Waals surface area contributed by atoms with Gasteiger partial charge in [-0.3, -0.25) is 14.6 Å². The Morgan fingerprint density at radius 2 is 2.06 bits per heavy atom. The second-order valence-corrected chi connectivity index (χ2v) is 8.65. The minimum atomic E-state index is -0.653. The van der Waals surface area contributed by atoms with E-state index in [1.807, 2.05) is 30.3 Å². The van der Waals surface area contributed by atoms with Crippen LogP contribution in [0, 0.1) is 5.92 Å². The van der Waals surface area contributed by atoms with Gasteiger partial charge in [0.2, 0.25) is 5.91 Å². The average molecular weight is 448 g/mol. The zero-order valence-electron chi connectivity index (χ0n) is 19.2. The van der Waals surface area contributed by atoms with Crippen LogP contribution < -0.4 is 16.0 Å². The summed E-state index contributed by atoms with van der Waals surface area (Å²) in [4.78, 5) is 41.5. The van der Waals surface area contributed by atoms with Crippen molar-refractivity contribution in [1.29, 1.82) is 0 Å². The molecule has 9 heteroatoms. The standard InChI is InChI=1S/C24H29N7O2/c1-15-16(13-21(32)30(2)3)7-5-11-31(15)20-14-27-22(23(25)33)24(29-20)28-18-8-9-19-17(12-18)6-4-10-26-19/h4,6,8-10,12,14-16H,5,7,11,13H2,1-3H3,(H2,25,33)(H,28,29)/t15-,16+/m0/s1. The molecule has 9 nitrogen and oxygen atoms in total. The molecular formula is C24H29N7O2. The lowest BCUT2D eigenvalue weighted by Crippen LogP contribution is -2.45. The van der Waals surface area contributed by atoms with Gasteiger partial charge in [0.15, 0.2) is 11.5 Å². The van der Waals surface area contributed by atoms with Gasteiger partial charge in [0.05, 0.1) is 11.7 Å². The Morgan fingerprint density at radius 1 is 1.24 bits per heavy atom. The average Bonchev–Trinajstić information content (AvgIpc) is 2.80. The highest BCUT2D eigenvalue weighted by Crippen LogP contribution is 2.31. The van der Waals surface area contributed by atoms with Gasteiger partial charge in [0.1, 0.15) is 5.82 Å². The monoisotopic (exact) mass is 447 g/mol. The smallest absolute Gasteiger partial charge is 0.271 e. The fourth-order valence-electron chi connectivity index (χ4n) is 4.30. The number of fused-ring (bicyclic) bond motifs is 1. The molecule has 172 valence electrons. The number of piperidine rings is 1. The molecule has 4 rings (SSSR count). The van der Waals surface area contributed by atoms with Crippen LogP contribution in [-0.2, 0) is 4.79 Å². The van der Waals surface area contributed by atoms with E-state index in [1.54, 1.807) is 31.4 Å². The molecule has 33 heavy (non-hydrogen) atoms. The van der Waals surface area contributed by atoms with Crippen molar-refractivity contribution in [2.24, 2.45) is 11.7 Å². The molecule has 1 aliphatic rings. The maximum atomic E-state index is 12.3. The van der Waals surface area contributed by atoms with Crippen LogP contribution in [0.3, 0.4) is 0 Å². The highest BCUT2D eigenvalue weighted by Gasteiger charge is 2.31. The second-order valence-electron chi connectivity index (χ2n) is 8.65. The van der Waals surface area contributed by atoms with E-state index in [0.29, 0.717) is 18.1 Å². The maximum Gasteiger partial charge on any atom is 0.271 e. The van der Waals surface area contributed by atoms with Crippen LogP contribution in [0.1, 0.15) is 36.7 Å². The summed E-state index contributed by atoms with van der Waals surface area (Å²) in [6.07, 6.45) is 5.76. The number of nitrogens with one attached hydrogen (secondary N) is 1. The number of carbonyl (C=O) groups excluding carboxylic acids is 2. The lowest BCUT2D eigenvalue weighted by Gasteiger charge is -2.40. The van der Waals surface area contributed by atoms with Gasteiger partial charge < -0.3 is 20.9 Å². The molecule has 0 bridgehead atoms. The van der Waals surface area contributed by atoms with Gasteiger partial charge in [0.25, 0.3) is 5.91 Å². The Bertz CT molecular complexity index is 1180. The van der Waals surface area contributed by atoms with Crippen molar-refractivity contribution in [3.63, 3.8) is 0 Å². The van der Waals surface area contributed by atoms with Gasteiger partial charge in [-0.15, -0.1) is 0 Å². The van der Waals surface area contributed by atoms with Crippen LogP contribution in [0.25, 0.3) is 10.9 Å². The van der Waals surface area contributed by atoms with E-state index in [0.717, 1.165) is 36.0 Å². The minimum Gasteiger partial charge on any atom is -0.364 e. The Balaban J connectivity index is 1.62. The number of hydrogen-bond acceptors (Lipinski definition) is 7. The highest BCUT2D eigenvalue weighted by atomic mass is 16.2. The highest BCUT2D eigenvalue weighted by molar-refractivity contribution is 5.96. The molecule has 1 aliphatic heterocycles. The third kappa shape index (κ3) is 4.87. The zero-order chi connectivity index (χ0) is 23.5. The fraction of sp³-hybridized carbons (Fsp3) is 0.375. The van der Waals surface area contributed by atoms with E-state index < -0.39 is 5.91 Å². The van der Waals surface area contributed by atoms with Crippen LogP contribution in [-0.4, -0.2) is 58.3 Å².